The van der Waals surface area contributed by atoms with Gasteiger partial charge in [0.2, 0.25) is 5.91 Å². The zero-order valence-corrected chi connectivity index (χ0v) is 16.8. The predicted octanol–water partition coefficient (Wildman–Crippen LogP) is 2.48. The monoisotopic (exact) mass is 391 g/mol. The van der Waals surface area contributed by atoms with Gasteiger partial charge in [0.25, 0.3) is 5.91 Å². The molecule has 5 heteroatoms. The van der Waals surface area contributed by atoms with Gasteiger partial charge < -0.3 is 9.64 Å². The zero-order chi connectivity index (χ0) is 20.2. The highest BCUT2D eigenvalue weighted by Gasteiger charge is 2.45. The number of hydrogen-bond acceptors (Lipinski definition) is 3. The third-order valence-corrected chi connectivity index (χ3v) is 5.68. The van der Waals surface area contributed by atoms with Crippen LogP contribution >= 0.6 is 0 Å². The van der Waals surface area contributed by atoms with E-state index < -0.39 is 0 Å². The maximum absolute atomic E-state index is 13.1. The lowest BCUT2D eigenvalue weighted by Crippen LogP contribution is -3.17. The lowest BCUT2D eigenvalue weighted by Gasteiger charge is -2.27. The number of imide groups is 1. The van der Waals surface area contributed by atoms with Gasteiger partial charge in [-0.1, -0.05) is 37.3 Å². The molecule has 0 aromatic heterocycles. The van der Waals surface area contributed by atoms with E-state index in [1.54, 1.807) is 12.1 Å². The summed E-state index contributed by atoms with van der Waals surface area (Å²) >= 11 is 0. The topological polar surface area (TPSA) is 51.0 Å². The molecule has 1 N–H and O–H groups in total. The summed E-state index contributed by atoms with van der Waals surface area (Å²) in [5.74, 6) is 0.544. The van der Waals surface area contributed by atoms with Crippen LogP contribution in [0.3, 0.4) is 0 Å². The highest BCUT2D eigenvalue weighted by atomic mass is 16.5. The third kappa shape index (κ3) is 4.10. The van der Waals surface area contributed by atoms with Gasteiger partial charge in [0, 0.05) is 6.42 Å². The van der Waals surface area contributed by atoms with E-state index in [1.165, 1.54) is 20.9 Å². The van der Waals surface area contributed by atoms with Crippen molar-refractivity contribution in [1.29, 1.82) is 0 Å². The molecule has 1 fully saturated rings. The standard InChI is InChI=1S/C24H26N2O3/c1-2-16-29-21-10-8-20(9-11-21)26-23(27)17-22(24(26)28)25-14-12-19(13-15-25)18-6-4-3-5-7-18/h3-12,22H,2,13-17H2,1H3/p+1/t22-/m1/s1. The van der Waals surface area contributed by atoms with E-state index in [0.29, 0.717) is 12.3 Å². The lowest BCUT2D eigenvalue weighted by atomic mass is 9.98. The van der Waals surface area contributed by atoms with Crippen molar-refractivity contribution in [2.45, 2.75) is 32.2 Å². The molecule has 0 radical (unpaired) electrons. The normalized spacial score (nSPS) is 22.0. The SMILES string of the molecule is CCCOc1ccc(N2C(=O)C[C@@H]([NH+]3CC=C(c4ccccc4)CC3)C2=O)cc1. The van der Waals surface area contributed by atoms with Crippen LogP contribution < -0.4 is 14.5 Å². The largest absolute Gasteiger partial charge is 0.494 e. The molecule has 2 aliphatic rings. The second-order valence-electron chi connectivity index (χ2n) is 7.62. The fourth-order valence-corrected chi connectivity index (χ4v) is 4.12. The Morgan fingerprint density at radius 3 is 2.48 bits per heavy atom. The molecule has 5 nitrogen and oxygen atoms in total. The summed E-state index contributed by atoms with van der Waals surface area (Å²) in [6.45, 7) is 4.34. The minimum atomic E-state index is -0.299. The molecule has 0 spiro atoms. The fourth-order valence-electron chi connectivity index (χ4n) is 4.12. The summed E-state index contributed by atoms with van der Waals surface area (Å²) in [4.78, 5) is 28.2. The molecule has 0 aliphatic carbocycles. The number of nitrogens with one attached hydrogen (secondary N) is 1. The average Bonchev–Trinajstić information content (AvgIpc) is 3.07. The minimum absolute atomic E-state index is 0.0937. The first kappa shape index (κ1) is 19.4. The van der Waals surface area contributed by atoms with Crippen molar-refractivity contribution in [3.05, 3.63) is 66.2 Å². The highest BCUT2D eigenvalue weighted by Crippen LogP contribution is 2.25. The lowest BCUT2D eigenvalue weighted by molar-refractivity contribution is -0.909. The van der Waals surface area contributed by atoms with Crippen LogP contribution in [0.15, 0.2) is 60.7 Å². The maximum Gasteiger partial charge on any atom is 0.292 e. The van der Waals surface area contributed by atoms with E-state index >= 15 is 0 Å². The van der Waals surface area contributed by atoms with Crippen molar-refractivity contribution < 1.29 is 19.2 Å². The molecule has 4 rings (SSSR count). The first-order chi connectivity index (χ1) is 14.2. The smallest absolute Gasteiger partial charge is 0.292 e. The minimum Gasteiger partial charge on any atom is -0.494 e. The second kappa shape index (κ2) is 8.62. The van der Waals surface area contributed by atoms with E-state index in [9.17, 15) is 9.59 Å². The predicted molar refractivity (Wildman–Crippen MR) is 113 cm³/mol. The summed E-state index contributed by atoms with van der Waals surface area (Å²) < 4.78 is 5.59. The molecule has 1 unspecified atom stereocenters. The summed E-state index contributed by atoms with van der Waals surface area (Å²) in [5, 5.41) is 0. The third-order valence-electron chi connectivity index (χ3n) is 5.68. The Morgan fingerprint density at radius 1 is 1.07 bits per heavy atom. The number of anilines is 1. The summed E-state index contributed by atoms with van der Waals surface area (Å²) in [6, 6.07) is 17.3. The highest BCUT2D eigenvalue weighted by molar-refractivity contribution is 6.21. The fraction of sp³-hybridized carbons (Fsp3) is 0.333. The van der Waals surface area contributed by atoms with Gasteiger partial charge in [-0.05, 0) is 47.9 Å². The molecule has 150 valence electrons. The van der Waals surface area contributed by atoms with E-state index in [2.05, 4.69) is 25.1 Å². The Morgan fingerprint density at radius 2 is 1.83 bits per heavy atom. The quantitative estimate of drug-likeness (QED) is 0.770. The van der Waals surface area contributed by atoms with Crippen LogP contribution in [-0.4, -0.2) is 37.6 Å². The van der Waals surface area contributed by atoms with Gasteiger partial charge in [-0.15, -0.1) is 0 Å². The Hall–Kier alpha value is -2.92. The Bertz CT molecular complexity index is 905. The molecule has 29 heavy (non-hydrogen) atoms. The first-order valence-corrected chi connectivity index (χ1v) is 10.4. The van der Waals surface area contributed by atoms with Gasteiger partial charge in [0.1, 0.15) is 5.75 Å². The number of hydrogen-bond donors (Lipinski definition) is 1. The number of quaternary nitrogens is 1. The van der Waals surface area contributed by atoms with Crippen LogP contribution in [0.2, 0.25) is 0 Å². The average molecular weight is 391 g/mol. The van der Waals surface area contributed by atoms with Crippen molar-refractivity contribution in [3.63, 3.8) is 0 Å². The van der Waals surface area contributed by atoms with E-state index in [0.717, 1.165) is 31.7 Å². The molecule has 2 amide bonds. The van der Waals surface area contributed by atoms with Crippen LogP contribution in [0.4, 0.5) is 5.69 Å². The molecule has 2 heterocycles. The van der Waals surface area contributed by atoms with Gasteiger partial charge in [0.15, 0.2) is 6.04 Å². The van der Waals surface area contributed by atoms with Gasteiger partial charge in [-0.25, -0.2) is 4.90 Å². The van der Waals surface area contributed by atoms with Gasteiger partial charge in [-0.2, -0.15) is 0 Å². The van der Waals surface area contributed by atoms with Crippen LogP contribution in [-0.2, 0) is 9.59 Å². The van der Waals surface area contributed by atoms with Gasteiger partial charge >= 0.3 is 0 Å². The van der Waals surface area contributed by atoms with Crippen LogP contribution in [0.25, 0.3) is 5.57 Å². The van der Waals surface area contributed by atoms with Crippen molar-refractivity contribution in [2.75, 3.05) is 24.6 Å². The molecule has 0 saturated carbocycles. The summed E-state index contributed by atoms with van der Waals surface area (Å²) in [5.41, 5.74) is 3.20. The second-order valence-corrected chi connectivity index (χ2v) is 7.62. The first-order valence-electron chi connectivity index (χ1n) is 10.4. The van der Waals surface area contributed by atoms with Crippen molar-refractivity contribution in [2.24, 2.45) is 0 Å². The van der Waals surface area contributed by atoms with Crippen LogP contribution in [0.5, 0.6) is 5.75 Å². The molecule has 2 aromatic rings. The molecular formula is C24H27N2O3+. The van der Waals surface area contributed by atoms with E-state index in [-0.39, 0.29) is 24.3 Å². The number of ether oxygens (including phenoxy) is 1. The number of rotatable bonds is 6. The molecule has 2 atom stereocenters. The van der Waals surface area contributed by atoms with Gasteiger partial charge in [0.05, 0.1) is 31.8 Å². The van der Waals surface area contributed by atoms with Crippen LogP contribution in [0, 0.1) is 0 Å². The molecular weight excluding hydrogens is 364 g/mol. The Labute approximate surface area is 171 Å². The maximum atomic E-state index is 13.1. The number of carbonyl (C=O) groups is 2. The Kier molecular flexibility index (Phi) is 5.76. The molecule has 2 aliphatic heterocycles. The van der Waals surface area contributed by atoms with Crippen molar-refractivity contribution >= 4 is 23.1 Å². The number of benzene rings is 2. The van der Waals surface area contributed by atoms with Crippen molar-refractivity contribution in [3.8, 4) is 5.75 Å². The summed E-state index contributed by atoms with van der Waals surface area (Å²) in [7, 11) is 0. The molecule has 0 bridgehead atoms. The number of amides is 2. The van der Waals surface area contributed by atoms with E-state index in [1.807, 2.05) is 30.3 Å². The number of carbonyl (C=O) groups excluding carboxylic acids is 2. The summed E-state index contributed by atoms with van der Waals surface area (Å²) in [6.07, 6.45) is 4.34. The number of nitrogens with zero attached hydrogens (tertiary/aromatic N) is 1. The van der Waals surface area contributed by atoms with E-state index in [4.69, 9.17) is 4.74 Å². The van der Waals surface area contributed by atoms with Gasteiger partial charge in [-0.3, -0.25) is 9.59 Å². The van der Waals surface area contributed by atoms with Crippen LogP contribution in [0.1, 0.15) is 31.7 Å². The molecule has 1 saturated heterocycles. The van der Waals surface area contributed by atoms with Crippen molar-refractivity contribution in [1.82, 2.24) is 0 Å². The Balaban J connectivity index is 1.44. The zero-order valence-electron chi connectivity index (χ0n) is 16.8. The molecule has 2 aromatic carbocycles.